The van der Waals surface area contributed by atoms with Crippen molar-refractivity contribution >= 4 is 29.2 Å². The van der Waals surface area contributed by atoms with Gasteiger partial charge in [0.1, 0.15) is 0 Å². The Morgan fingerprint density at radius 2 is 1.81 bits per heavy atom. The van der Waals surface area contributed by atoms with Crippen LogP contribution in [0.2, 0.25) is 0 Å². The predicted molar refractivity (Wildman–Crippen MR) is 114 cm³/mol. The van der Waals surface area contributed by atoms with Gasteiger partial charge in [-0.05, 0) is 37.6 Å². The van der Waals surface area contributed by atoms with E-state index in [0.29, 0.717) is 37.4 Å². The topological polar surface area (TPSA) is 81.8 Å². The number of anilines is 2. The summed E-state index contributed by atoms with van der Waals surface area (Å²) >= 11 is 0. The standard InChI is InChI=1S/C22H30F2N4O3/c23-22(24)10-14-27(15-11-22)12-4-2-1-3-8-19(29)25-17-6-5-7-18(16-17)28-13-9-20(30)26-21(28)31/h5-7,16H,1-4,8-15H2,(H,25,29)(H,26,30,31). The second-order valence-electron chi connectivity index (χ2n) is 8.22. The second-order valence-corrected chi connectivity index (χ2v) is 8.22. The minimum atomic E-state index is -2.50. The van der Waals surface area contributed by atoms with Crippen molar-refractivity contribution in [3.63, 3.8) is 0 Å². The predicted octanol–water partition coefficient (Wildman–Crippen LogP) is 3.75. The minimum Gasteiger partial charge on any atom is -0.326 e. The van der Waals surface area contributed by atoms with E-state index in [1.54, 1.807) is 24.3 Å². The van der Waals surface area contributed by atoms with Crippen LogP contribution in [0.5, 0.6) is 0 Å². The second kappa shape index (κ2) is 10.7. The molecule has 1 aromatic carbocycles. The first kappa shape index (κ1) is 23.1. The highest BCUT2D eigenvalue weighted by atomic mass is 19.3. The lowest BCUT2D eigenvalue weighted by Crippen LogP contribution is -2.49. The summed E-state index contributed by atoms with van der Waals surface area (Å²) in [5.41, 5.74) is 1.23. The molecule has 1 aromatic rings. The van der Waals surface area contributed by atoms with E-state index in [4.69, 9.17) is 0 Å². The van der Waals surface area contributed by atoms with Crippen LogP contribution in [-0.4, -0.2) is 54.8 Å². The van der Waals surface area contributed by atoms with Crippen LogP contribution in [0.3, 0.4) is 0 Å². The van der Waals surface area contributed by atoms with Crippen LogP contribution in [0.15, 0.2) is 24.3 Å². The van der Waals surface area contributed by atoms with E-state index in [1.807, 2.05) is 0 Å². The molecule has 170 valence electrons. The summed E-state index contributed by atoms with van der Waals surface area (Å²) in [4.78, 5) is 39.0. The van der Waals surface area contributed by atoms with Gasteiger partial charge in [-0.25, -0.2) is 13.6 Å². The first-order valence-corrected chi connectivity index (χ1v) is 10.9. The van der Waals surface area contributed by atoms with Crippen LogP contribution >= 0.6 is 0 Å². The monoisotopic (exact) mass is 436 g/mol. The number of alkyl halides is 2. The van der Waals surface area contributed by atoms with E-state index in [0.717, 1.165) is 32.2 Å². The number of hydrogen-bond acceptors (Lipinski definition) is 4. The number of rotatable bonds is 9. The van der Waals surface area contributed by atoms with Crippen LogP contribution in [0.25, 0.3) is 0 Å². The molecule has 0 spiro atoms. The molecular formula is C22H30F2N4O3. The number of carbonyl (C=O) groups excluding carboxylic acids is 3. The quantitative estimate of drug-likeness (QED) is 0.578. The fourth-order valence-corrected chi connectivity index (χ4v) is 3.86. The summed E-state index contributed by atoms with van der Waals surface area (Å²) < 4.78 is 26.3. The van der Waals surface area contributed by atoms with Crippen LogP contribution in [0.4, 0.5) is 25.0 Å². The first-order valence-electron chi connectivity index (χ1n) is 10.9. The summed E-state index contributed by atoms with van der Waals surface area (Å²) in [5, 5.41) is 5.13. The number of carbonyl (C=O) groups is 3. The Balaban J connectivity index is 1.32. The highest BCUT2D eigenvalue weighted by Crippen LogP contribution is 2.27. The molecule has 31 heavy (non-hydrogen) atoms. The normalized spacial score (nSPS) is 19.2. The maximum atomic E-state index is 13.1. The van der Waals surface area contributed by atoms with Gasteiger partial charge in [-0.1, -0.05) is 18.9 Å². The lowest BCUT2D eigenvalue weighted by molar-refractivity contribution is -0.120. The number of unbranched alkanes of at least 4 members (excludes halogenated alkanes) is 3. The van der Waals surface area contributed by atoms with Crippen molar-refractivity contribution in [3.05, 3.63) is 24.3 Å². The van der Waals surface area contributed by atoms with Gasteiger partial charge in [-0.15, -0.1) is 0 Å². The lowest BCUT2D eigenvalue weighted by Gasteiger charge is -2.31. The number of urea groups is 1. The fraction of sp³-hybridized carbons (Fsp3) is 0.591. The number of amides is 4. The zero-order valence-corrected chi connectivity index (χ0v) is 17.7. The molecule has 4 amide bonds. The van der Waals surface area contributed by atoms with Crippen molar-refractivity contribution < 1.29 is 23.2 Å². The number of nitrogens with zero attached hydrogens (tertiary/aromatic N) is 2. The van der Waals surface area contributed by atoms with Gasteiger partial charge in [-0.2, -0.15) is 0 Å². The lowest BCUT2D eigenvalue weighted by atomic mass is 10.1. The Hall–Kier alpha value is -2.55. The van der Waals surface area contributed by atoms with Crippen molar-refractivity contribution in [2.45, 2.75) is 57.3 Å². The summed E-state index contributed by atoms with van der Waals surface area (Å²) in [6, 6.07) is 6.53. The SMILES string of the molecule is O=C1CCN(c2cccc(NC(=O)CCCCCCN3CCC(F)(F)CC3)c2)C(=O)N1. The van der Waals surface area contributed by atoms with Crippen LogP contribution < -0.4 is 15.5 Å². The van der Waals surface area contributed by atoms with E-state index in [2.05, 4.69) is 15.5 Å². The van der Waals surface area contributed by atoms with E-state index < -0.39 is 12.0 Å². The van der Waals surface area contributed by atoms with Crippen molar-refractivity contribution in [1.82, 2.24) is 10.2 Å². The molecule has 0 radical (unpaired) electrons. The Labute approximate surface area is 181 Å². The smallest absolute Gasteiger partial charge is 0.326 e. The number of imide groups is 1. The van der Waals surface area contributed by atoms with Crippen LogP contribution in [0, 0.1) is 0 Å². The molecule has 2 fully saturated rings. The zero-order chi connectivity index (χ0) is 22.3. The molecule has 0 unspecified atom stereocenters. The maximum Gasteiger partial charge on any atom is 0.328 e. The summed E-state index contributed by atoms with van der Waals surface area (Å²) in [5.74, 6) is -2.88. The number of piperidine rings is 1. The van der Waals surface area contributed by atoms with Gasteiger partial charge in [-0.3, -0.25) is 19.8 Å². The molecule has 0 aliphatic carbocycles. The molecule has 2 heterocycles. The number of halogens is 2. The molecule has 0 aromatic heterocycles. The Bertz CT molecular complexity index is 793. The number of benzene rings is 1. The number of nitrogens with one attached hydrogen (secondary N) is 2. The van der Waals surface area contributed by atoms with Crippen LogP contribution in [-0.2, 0) is 9.59 Å². The third kappa shape index (κ3) is 7.27. The highest BCUT2D eigenvalue weighted by molar-refractivity contribution is 6.05. The Morgan fingerprint density at radius 1 is 1.06 bits per heavy atom. The van der Waals surface area contributed by atoms with Crippen LogP contribution in [0.1, 0.15) is 51.4 Å². The van der Waals surface area contributed by atoms with Gasteiger partial charge >= 0.3 is 6.03 Å². The van der Waals surface area contributed by atoms with Gasteiger partial charge in [0.25, 0.3) is 5.92 Å². The third-order valence-corrected chi connectivity index (χ3v) is 5.71. The zero-order valence-electron chi connectivity index (χ0n) is 17.7. The molecule has 0 saturated carbocycles. The van der Waals surface area contributed by atoms with E-state index in [1.165, 1.54) is 4.90 Å². The molecule has 2 N–H and O–H groups in total. The minimum absolute atomic E-state index is 0.0467. The van der Waals surface area contributed by atoms with Crippen molar-refractivity contribution in [1.29, 1.82) is 0 Å². The van der Waals surface area contributed by atoms with Gasteiger partial charge in [0.2, 0.25) is 11.8 Å². The molecule has 3 rings (SSSR count). The van der Waals surface area contributed by atoms with Crippen molar-refractivity contribution in [2.24, 2.45) is 0 Å². The largest absolute Gasteiger partial charge is 0.328 e. The Morgan fingerprint density at radius 3 is 2.55 bits per heavy atom. The third-order valence-electron chi connectivity index (χ3n) is 5.71. The summed E-state index contributed by atoms with van der Waals surface area (Å²) in [6.07, 6.45) is 4.16. The highest BCUT2D eigenvalue weighted by Gasteiger charge is 2.33. The van der Waals surface area contributed by atoms with E-state index in [-0.39, 0.29) is 31.1 Å². The Kier molecular flexibility index (Phi) is 7.95. The summed E-state index contributed by atoms with van der Waals surface area (Å²) in [7, 11) is 0. The average molecular weight is 437 g/mol. The fourth-order valence-electron chi connectivity index (χ4n) is 3.86. The molecule has 2 aliphatic heterocycles. The molecule has 9 heteroatoms. The van der Waals surface area contributed by atoms with Crippen molar-refractivity contribution in [2.75, 3.05) is 36.4 Å². The molecule has 7 nitrogen and oxygen atoms in total. The molecule has 2 aliphatic rings. The first-order chi connectivity index (χ1) is 14.8. The van der Waals surface area contributed by atoms with Gasteiger partial charge in [0.15, 0.2) is 0 Å². The molecule has 0 bridgehead atoms. The van der Waals surface area contributed by atoms with Gasteiger partial charge in [0, 0.05) is 56.7 Å². The van der Waals surface area contributed by atoms with E-state index in [9.17, 15) is 23.2 Å². The maximum absolute atomic E-state index is 13.1. The molecular weight excluding hydrogens is 406 g/mol. The van der Waals surface area contributed by atoms with Gasteiger partial charge < -0.3 is 10.2 Å². The van der Waals surface area contributed by atoms with Crippen molar-refractivity contribution in [3.8, 4) is 0 Å². The molecule has 0 atom stereocenters. The van der Waals surface area contributed by atoms with Gasteiger partial charge in [0.05, 0.1) is 0 Å². The number of hydrogen-bond donors (Lipinski definition) is 2. The molecule has 2 saturated heterocycles. The number of likely N-dealkylation sites (tertiary alicyclic amines) is 1. The van der Waals surface area contributed by atoms with E-state index >= 15 is 0 Å². The summed E-state index contributed by atoms with van der Waals surface area (Å²) in [6.45, 7) is 2.07. The average Bonchev–Trinajstić information content (AvgIpc) is 2.72.